The molecule has 1 heterocycles. The lowest BCUT2D eigenvalue weighted by molar-refractivity contribution is -0.124. The van der Waals surface area contributed by atoms with Gasteiger partial charge in [-0.3, -0.25) is 9.59 Å². The molecule has 0 bridgehead atoms. The van der Waals surface area contributed by atoms with E-state index in [4.69, 9.17) is 0 Å². The number of hydrogen-bond donors (Lipinski definition) is 1. The van der Waals surface area contributed by atoms with Gasteiger partial charge in [-0.05, 0) is 42.7 Å². The molecule has 130 valence electrons. The van der Waals surface area contributed by atoms with Gasteiger partial charge in [-0.15, -0.1) is 0 Å². The smallest absolute Gasteiger partial charge is 0.254 e. The summed E-state index contributed by atoms with van der Waals surface area (Å²) < 4.78 is 13.2. The van der Waals surface area contributed by atoms with E-state index < -0.39 is 0 Å². The largest absolute Gasteiger partial charge is 0.352 e. The van der Waals surface area contributed by atoms with Crippen molar-refractivity contribution < 1.29 is 14.0 Å². The molecule has 0 radical (unpaired) electrons. The average Bonchev–Trinajstić information content (AvgIpc) is 3.10. The molecule has 1 aliphatic rings. The number of rotatable bonds is 4. The zero-order valence-corrected chi connectivity index (χ0v) is 14.2. The van der Waals surface area contributed by atoms with E-state index in [2.05, 4.69) is 5.32 Å². The van der Waals surface area contributed by atoms with Crippen LogP contribution in [0.15, 0.2) is 48.5 Å². The van der Waals surface area contributed by atoms with Gasteiger partial charge < -0.3 is 10.2 Å². The van der Waals surface area contributed by atoms with Gasteiger partial charge in [0.25, 0.3) is 5.91 Å². The Balaban J connectivity index is 1.57. The topological polar surface area (TPSA) is 49.4 Å². The Morgan fingerprint density at radius 3 is 2.68 bits per heavy atom. The highest BCUT2D eigenvalue weighted by Crippen LogP contribution is 2.21. The minimum atomic E-state index is -0.353. The van der Waals surface area contributed by atoms with Gasteiger partial charge >= 0.3 is 0 Å². The van der Waals surface area contributed by atoms with Crippen molar-refractivity contribution in [2.75, 3.05) is 13.1 Å². The van der Waals surface area contributed by atoms with Crippen LogP contribution in [-0.4, -0.2) is 29.8 Å². The van der Waals surface area contributed by atoms with Crippen LogP contribution in [-0.2, 0) is 11.3 Å². The molecular formula is C20H21FN2O2. The Morgan fingerprint density at radius 2 is 1.96 bits per heavy atom. The zero-order valence-electron chi connectivity index (χ0n) is 14.2. The second kappa shape index (κ2) is 7.47. The molecule has 1 saturated heterocycles. The van der Waals surface area contributed by atoms with Crippen LogP contribution in [0.2, 0.25) is 0 Å². The summed E-state index contributed by atoms with van der Waals surface area (Å²) >= 11 is 0. The van der Waals surface area contributed by atoms with Crippen LogP contribution in [0.5, 0.6) is 0 Å². The molecule has 0 aromatic heterocycles. The predicted octanol–water partition coefficient (Wildman–Crippen LogP) is 2.91. The van der Waals surface area contributed by atoms with E-state index >= 15 is 0 Å². The molecule has 1 N–H and O–H groups in total. The number of nitrogens with one attached hydrogen (secondary N) is 1. The van der Waals surface area contributed by atoms with Crippen molar-refractivity contribution >= 4 is 11.8 Å². The van der Waals surface area contributed by atoms with Crippen molar-refractivity contribution in [3.63, 3.8) is 0 Å². The molecule has 1 fully saturated rings. The third-order valence-corrected chi connectivity index (χ3v) is 4.57. The Labute approximate surface area is 146 Å². The SMILES string of the molecule is Cc1cc(F)ccc1C(=O)N1CCC(C(=O)NCc2ccccc2)C1. The highest BCUT2D eigenvalue weighted by molar-refractivity contribution is 5.96. The number of amides is 2. The first-order valence-corrected chi connectivity index (χ1v) is 8.41. The number of benzene rings is 2. The fraction of sp³-hybridized carbons (Fsp3) is 0.300. The summed E-state index contributed by atoms with van der Waals surface area (Å²) in [6.07, 6.45) is 0.645. The highest BCUT2D eigenvalue weighted by atomic mass is 19.1. The van der Waals surface area contributed by atoms with Gasteiger partial charge in [-0.25, -0.2) is 4.39 Å². The fourth-order valence-electron chi connectivity index (χ4n) is 3.13. The Morgan fingerprint density at radius 1 is 1.20 bits per heavy atom. The summed E-state index contributed by atoms with van der Waals surface area (Å²) in [5.74, 6) is -0.729. The molecule has 0 aliphatic carbocycles. The van der Waals surface area contributed by atoms with E-state index in [9.17, 15) is 14.0 Å². The summed E-state index contributed by atoms with van der Waals surface area (Å²) in [5, 5.41) is 2.93. The standard InChI is InChI=1S/C20H21FN2O2/c1-14-11-17(21)7-8-18(14)20(25)23-10-9-16(13-23)19(24)22-12-15-5-3-2-4-6-15/h2-8,11,16H,9-10,12-13H2,1H3,(H,22,24). The maximum atomic E-state index is 13.2. The molecule has 1 unspecified atom stereocenters. The molecule has 3 rings (SSSR count). The van der Waals surface area contributed by atoms with Crippen molar-refractivity contribution in [2.45, 2.75) is 19.9 Å². The van der Waals surface area contributed by atoms with Crippen LogP contribution in [0.25, 0.3) is 0 Å². The first kappa shape index (κ1) is 17.1. The molecule has 1 aliphatic heterocycles. The molecular weight excluding hydrogens is 319 g/mol. The van der Waals surface area contributed by atoms with Crippen LogP contribution < -0.4 is 5.32 Å². The summed E-state index contributed by atoms with van der Waals surface area (Å²) in [5.41, 5.74) is 2.15. The van der Waals surface area contributed by atoms with Crippen molar-refractivity contribution in [2.24, 2.45) is 5.92 Å². The third-order valence-electron chi connectivity index (χ3n) is 4.57. The second-order valence-corrected chi connectivity index (χ2v) is 6.40. The number of hydrogen-bond acceptors (Lipinski definition) is 2. The molecule has 1 atom stereocenters. The van der Waals surface area contributed by atoms with Crippen LogP contribution >= 0.6 is 0 Å². The van der Waals surface area contributed by atoms with E-state index in [0.29, 0.717) is 37.2 Å². The number of halogens is 1. The van der Waals surface area contributed by atoms with E-state index in [1.165, 1.54) is 18.2 Å². The van der Waals surface area contributed by atoms with Crippen LogP contribution in [0.4, 0.5) is 4.39 Å². The van der Waals surface area contributed by atoms with Crippen LogP contribution in [0, 0.1) is 18.7 Å². The first-order chi connectivity index (χ1) is 12.0. The number of carbonyl (C=O) groups is 2. The number of nitrogens with zero attached hydrogens (tertiary/aromatic N) is 1. The zero-order chi connectivity index (χ0) is 17.8. The van der Waals surface area contributed by atoms with Gasteiger partial charge in [-0.2, -0.15) is 0 Å². The van der Waals surface area contributed by atoms with Gasteiger partial charge in [0.2, 0.25) is 5.91 Å². The molecule has 2 aromatic rings. The number of aryl methyl sites for hydroxylation is 1. The second-order valence-electron chi connectivity index (χ2n) is 6.40. The fourth-order valence-corrected chi connectivity index (χ4v) is 3.13. The Bertz CT molecular complexity index is 777. The van der Waals surface area contributed by atoms with Crippen molar-refractivity contribution in [3.05, 3.63) is 71.0 Å². The lowest BCUT2D eigenvalue weighted by atomic mass is 10.1. The molecule has 0 saturated carbocycles. The van der Waals surface area contributed by atoms with Gasteiger partial charge in [0.05, 0.1) is 5.92 Å². The Kier molecular flexibility index (Phi) is 5.12. The minimum absolute atomic E-state index is 0.0324. The lowest BCUT2D eigenvalue weighted by Gasteiger charge is -2.18. The minimum Gasteiger partial charge on any atom is -0.352 e. The van der Waals surface area contributed by atoms with Crippen molar-refractivity contribution in [1.29, 1.82) is 0 Å². The van der Waals surface area contributed by atoms with Crippen molar-refractivity contribution in [3.8, 4) is 0 Å². The van der Waals surface area contributed by atoms with E-state index in [-0.39, 0.29) is 23.5 Å². The maximum Gasteiger partial charge on any atom is 0.254 e. The number of likely N-dealkylation sites (tertiary alicyclic amines) is 1. The van der Waals surface area contributed by atoms with Gasteiger partial charge in [0.15, 0.2) is 0 Å². The van der Waals surface area contributed by atoms with Crippen LogP contribution in [0.3, 0.4) is 0 Å². The summed E-state index contributed by atoms with van der Waals surface area (Å²) in [4.78, 5) is 26.6. The predicted molar refractivity (Wildman–Crippen MR) is 93.4 cm³/mol. The van der Waals surface area contributed by atoms with Gasteiger partial charge in [-0.1, -0.05) is 30.3 Å². The molecule has 2 amide bonds. The summed E-state index contributed by atoms with van der Waals surface area (Å²) in [6.45, 7) is 3.15. The highest BCUT2D eigenvalue weighted by Gasteiger charge is 2.31. The molecule has 4 nitrogen and oxygen atoms in total. The monoisotopic (exact) mass is 340 g/mol. The first-order valence-electron chi connectivity index (χ1n) is 8.41. The Hall–Kier alpha value is -2.69. The lowest BCUT2D eigenvalue weighted by Crippen LogP contribution is -2.34. The normalized spacial score (nSPS) is 16.7. The van der Waals surface area contributed by atoms with E-state index in [1.807, 2.05) is 30.3 Å². The number of carbonyl (C=O) groups excluding carboxylic acids is 2. The maximum absolute atomic E-state index is 13.2. The van der Waals surface area contributed by atoms with E-state index in [0.717, 1.165) is 5.56 Å². The molecule has 2 aromatic carbocycles. The summed E-state index contributed by atoms with van der Waals surface area (Å²) in [7, 11) is 0. The average molecular weight is 340 g/mol. The van der Waals surface area contributed by atoms with Gasteiger partial charge in [0.1, 0.15) is 5.82 Å². The molecule has 25 heavy (non-hydrogen) atoms. The molecule has 0 spiro atoms. The van der Waals surface area contributed by atoms with Gasteiger partial charge in [0, 0.05) is 25.2 Å². The van der Waals surface area contributed by atoms with Crippen LogP contribution in [0.1, 0.15) is 27.9 Å². The third kappa shape index (κ3) is 4.05. The quantitative estimate of drug-likeness (QED) is 0.930. The molecule has 5 heteroatoms. The van der Waals surface area contributed by atoms with Crippen molar-refractivity contribution in [1.82, 2.24) is 10.2 Å². The summed E-state index contributed by atoms with van der Waals surface area (Å²) in [6, 6.07) is 13.9. The van der Waals surface area contributed by atoms with E-state index in [1.54, 1.807) is 11.8 Å².